The number of quaternary nitrogens is 1. The molecule has 9 heteroatoms. The third-order valence-electron chi connectivity index (χ3n) is 4.79. The lowest BCUT2D eigenvalue weighted by atomic mass is 10.2. The molecule has 0 saturated carbocycles. The molecule has 0 aliphatic heterocycles. The van der Waals surface area contributed by atoms with E-state index in [1.54, 1.807) is 0 Å². The van der Waals surface area contributed by atoms with E-state index in [0.29, 0.717) is 17.4 Å². The minimum absolute atomic E-state index is 0.0419. The van der Waals surface area contributed by atoms with Crippen LogP contribution in [0.1, 0.15) is 58.3 Å². The molecule has 0 aliphatic carbocycles. The lowest BCUT2D eigenvalue weighted by Crippen LogP contribution is -2.37. The number of carbonyl (C=O) groups is 1. The van der Waals surface area contributed by atoms with Crippen LogP contribution in [0, 0.1) is 0 Å². The van der Waals surface area contributed by atoms with Crippen molar-refractivity contribution >= 4 is 13.8 Å². The average molecular weight is 543 g/mol. The van der Waals surface area contributed by atoms with E-state index in [0.717, 1.165) is 38.5 Å². The van der Waals surface area contributed by atoms with E-state index in [2.05, 4.69) is 61.6 Å². The zero-order valence-corrected chi connectivity index (χ0v) is 24.1. The van der Waals surface area contributed by atoms with Gasteiger partial charge < -0.3 is 19.2 Å². The quantitative estimate of drug-likeness (QED) is 0.0599. The standard InChI is InChI=1S/C28H48NO7P/c1-5-6-7-8-9-10-11-12-13-14-15-16-17-18-19-20-21-22-28(31)34-25-27(30)26-36-37(32,33)35-24-23-29(2,3)4/h6-7,9-10,12-13,15-16,18-19,27,30H,5,8,11,14,17,20-26H2,1-4H3/p+1/b7-6-,10-9-,13-12-,16-15-,19-18-/t27-/m1/s1. The van der Waals surface area contributed by atoms with E-state index in [-0.39, 0.29) is 19.6 Å². The fourth-order valence-electron chi connectivity index (χ4n) is 2.69. The minimum atomic E-state index is -4.26. The Morgan fingerprint density at radius 2 is 1.35 bits per heavy atom. The van der Waals surface area contributed by atoms with Crippen molar-refractivity contribution in [3.63, 3.8) is 0 Å². The molecule has 0 aliphatic rings. The number of likely N-dealkylation sites (N-methyl/N-ethyl adjacent to an activating group) is 1. The molecular formula is C28H49NO7P+. The van der Waals surface area contributed by atoms with Crippen molar-refractivity contribution in [2.24, 2.45) is 0 Å². The summed E-state index contributed by atoms with van der Waals surface area (Å²) >= 11 is 0. The Morgan fingerprint density at radius 3 is 1.86 bits per heavy atom. The van der Waals surface area contributed by atoms with Crippen LogP contribution in [0.25, 0.3) is 0 Å². The van der Waals surface area contributed by atoms with Crippen molar-refractivity contribution in [3.8, 4) is 0 Å². The SMILES string of the molecule is CC/C=C\C/C=C\C/C=C\C/C=C\C/C=C\CCCC(=O)OC[C@@H](O)COP(=O)(O)OCC[N+](C)(C)C. The van der Waals surface area contributed by atoms with Crippen LogP contribution in [0.5, 0.6) is 0 Å². The second-order valence-corrected chi connectivity index (χ2v) is 11.0. The van der Waals surface area contributed by atoms with Crippen LogP contribution < -0.4 is 0 Å². The highest BCUT2D eigenvalue weighted by Gasteiger charge is 2.24. The summed E-state index contributed by atoms with van der Waals surface area (Å²) in [4.78, 5) is 21.4. The summed E-state index contributed by atoms with van der Waals surface area (Å²) in [5, 5.41) is 9.82. The topological polar surface area (TPSA) is 102 Å². The number of carbonyl (C=O) groups excluding carboxylic acids is 1. The molecule has 0 saturated heterocycles. The molecular weight excluding hydrogens is 493 g/mol. The molecule has 2 atom stereocenters. The Bertz CT molecular complexity index is 782. The molecule has 8 nitrogen and oxygen atoms in total. The number of allylic oxidation sites excluding steroid dienone is 10. The fraction of sp³-hybridized carbons (Fsp3) is 0.607. The molecule has 0 heterocycles. The second-order valence-electron chi connectivity index (χ2n) is 9.55. The summed E-state index contributed by atoms with van der Waals surface area (Å²) < 4.78 is 27.0. The molecule has 0 amide bonds. The molecule has 0 aromatic heterocycles. The van der Waals surface area contributed by atoms with E-state index in [1.807, 2.05) is 27.2 Å². The lowest BCUT2D eigenvalue weighted by molar-refractivity contribution is -0.870. The summed E-state index contributed by atoms with van der Waals surface area (Å²) in [6.45, 7) is 1.92. The van der Waals surface area contributed by atoms with E-state index in [9.17, 15) is 19.4 Å². The molecule has 2 N–H and O–H groups in total. The van der Waals surface area contributed by atoms with Gasteiger partial charge in [0, 0.05) is 6.42 Å². The zero-order chi connectivity index (χ0) is 27.8. The van der Waals surface area contributed by atoms with Gasteiger partial charge in [-0.1, -0.05) is 67.7 Å². The van der Waals surface area contributed by atoms with Crippen molar-refractivity contribution in [2.45, 2.75) is 64.4 Å². The highest BCUT2D eigenvalue weighted by molar-refractivity contribution is 7.47. The molecule has 0 aromatic rings. The van der Waals surface area contributed by atoms with Crippen LogP contribution in [0.2, 0.25) is 0 Å². The number of rotatable bonds is 22. The molecule has 0 fully saturated rings. The molecule has 37 heavy (non-hydrogen) atoms. The average Bonchev–Trinajstić information content (AvgIpc) is 2.82. The van der Waals surface area contributed by atoms with Gasteiger partial charge in [0.25, 0.3) is 0 Å². The maximum atomic E-state index is 11.8. The Hall–Kier alpha value is -1.80. The molecule has 1 unspecified atom stereocenters. The maximum Gasteiger partial charge on any atom is 0.472 e. The number of aliphatic hydroxyl groups is 1. The lowest BCUT2D eigenvalue weighted by Gasteiger charge is -2.24. The number of aliphatic hydroxyl groups excluding tert-OH is 1. The van der Waals surface area contributed by atoms with Gasteiger partial charge in [-0.15, -0.1) is 0 Å². The van der Waals surface area contributed by atoms with E-state index in [4.69, 9.17) is 13.8 Å². The van der Waals surface area contributed by atoms with Gasteiger partial charge in [0.1, 0.15) is 25.9 Å². The van der Waals surface area contributed by atoms with Gasteiger partial charge in [0.2, 0.25) is 0 Å². The predicted molar refractivity (Wildman–Crippen MR) is 150 cm³/mol. The Labute approximate surface area is 224 Å². The summed E-state index contributed by atoms with van der Waals surface area (Å²) in [5.41, 5.74) is 0. The molecule has 0 aromatic carbocycles. The first-order valence-corrected chi connectivity index (χ1v) is 14.6. The van der Waals surface area contributed by atoms with Crippen molar-refractivity contribution in [1.29, 1.82) is 0 Å². The van der Waals surface area contributed by atoms with Crippen LogP contribution in [0.3, 0.4) is 0 Å². The third-order valence-corrected chi connectivity index (χ3v) is 5.78. The first-order chi connectivity index (χ1) is 17.6. The fourth-order valence-corrected chi connectivity index (χ4v) is 3.44. The number of phosphoric acid groups is 1. The number of hydrogen-bond acceptors (Lipinski definition) is 6. The highest BCUT2D eigenvalue weighted by atomic mass is 31.2. The summed E-state index contributed by atoms with van der Waals surface area (Å²) in [5.74, 6) is -0.433. The summed E-state index contributed by atoms with van der Waals surface area (Å²) in [7, 11) is 1.52. The Kier molecular flexibility index (Phi) is 21.1. The maximum absolute atomic E-state index is 11.8. The summed E-state index contributed by atoms with van der Waals surface area (Å²) in [6.07, 6.45) is 26.6. The van der Waals surface area contributed by atoms with Crippen LogP contribution in [0.15, 0.2) is 60.8 Å². The number of unbranched alkanes of at least 4 members (excludes halogenated alkanes) is 1. The van der Waals surface area contributed by atoms with E-state index in [1.165, 1.54) is 0 Å². The minimum Gasteiger partial charge on any atom is -0.463 e. The first-order valence-electron chi connectivity index (χ1n) is 13.1. The predicted octanol–water partition coefficient (Wildman–Crippen LogP) is 5.65. The largest absolute Gasteiger partial charge is 0.472 e. The number of esters is 1. The van der Waals surface area contributed by atoms with Crippen molar-refractivity contribution in [1.82, 2.24) is 0 Å². The number of ether oxygens (including phenoxy) is 1. The highest BCUT2D eigenvalue weighted by Crippen LogP contribution is 2.43. The van der Waals surface area contributed by atoms with E-state index < -0.39 is 26.5 Å². The number of nitrogens with zero attached hydrogens (tertiary/aromatic N) is 1. The van der Waals surface area contributed by atoms with Crippen LogP contribution in [-0.2, 0) is 23.1 Å². The van der Waals surface area contributed by atoms with E-state index >= 15 is 0 Å². The first kappa shape index (κ1) is 35.2. The van der Waals surface area contributed by atoms with Gasteiger partial charge in [0.15, 0.2) is 0 Å². The molecule has 212 valence electrons. The molecule has 0 spiro atoms. The Morgan fingerprint density at radius 1 is 0.838 bits per heavy atom. The van der Waals surface area contributed by atoms with Crippen LogP contribution in [-0.4, -0.2) is 74.1 Å². The smallest absolute Gasteiger partial charge is 0.463 e. The Balaban J connectivity index is 3.78. The second kappa shape index (κ2) is 22.2. The van der Waals surface area contributed by atoms with Gasteiger partial charge in [-0.05, 0) is 44.9 Å². The molecule has 0 radical (unpaired) electrons. The van der Waals surface area contributed by atoms with Gasteiger partial charge in [-0.3, -0.25) is 13.8 Å². The van der Waals surface area contributed by atoms with Crippen molar-refractivity contribution in [2.75, 3.05) is 47.5 Å². The van der Waals surface area contributed by atoms with Gasteiger partial charge in [-0.2, -0.15) is 0 Å². The normalized spacial score (nSPS) is 15.5. The van der Waals surface area contributed by atoms with Gasteiger partial charge >= 0.3 is 13.8 Å². The zero-order valence-electron chi connectivity index (χ0n) is 23.2. The summed E-state index contributed by atoms with van der Waals surface area (Å²) in [6, 6.07) is 0. The van der Waals surface area contributed by atoms with Gasteiger partial charge in [-0.25, -0.2) is 4.57 Å². The monoisotopic (exact) mass is 542 g/mol. The van der Waals surface area contributed by atoms with Gasteiger partial charge in [0.05, 0.1) is 27.7 Å². The van der Waals surface area contributed by atoms with Crippen molar-refractivity contribution in [3.05, 3.63) is 60.8 Å². The van der Waals surface area contributed by atoms with Crippen molar-refractivity contribution < 1.29 is 37.6 Å². The number of hydrogen-bond donors (Lipinski definition) is 2. The number of phosphoric ester groups is 1. The third kappa shape index (κ3) is 27.1. The molecule has 0 rings (SSSR count). The van der Waals surface area contributed by atoms with Crippen LogP contribution in [0.4, 0.5) is 0 Å². The van der Waals surface area contributed by atoms with Crippen LogP contribution >= 0.6 is 7.82 Å². The molecule has 0 bridgehead atoms.